The SMILES string of the molecule is [2H]C([2H])([2H])c1ccccc1-c1ccc(C)c(-c2cc(-c3c(C([2H])([2H])[2H])cc(C)cc3C([2H])([2H])[2H])cc[n+]2C)c1. The highest BCUT2D eigenvalue weighted by atomic mass is 14.9. The largest absolute Gasteiger partial charge is 0.213 e. The van der Waals surface area contributed by atoms with E-state index in [2.05, 4.69) is 0 Å². The van der Waals surface area contributed by atoms with Gasteiger partial charge in [0.2, 0.25) is 5.69 Å². The predicted octanol–water partition coefficient (Wildman–Crippen LogP) is 7.05. The molecule has 0 saturated heterocycles. The number of hydrogen-bond acceptors (Lipinski definition) is 0. The van der Waals surface area contributed by atoms with Crippen LogP contribution >= 0.6 is 0 Å². The third-order valence-corrected chi connectivity index (χ3v) is 5.47. The van der Waals surface area contributed by atoms with Crippen molar-refractivity contribution < 1.29 is 16.9 Å². The van der Waals surface area contributed by atoms with Gasteiger partial charge in [0.15, 0.2) is 6.20 Å². The van der Waals surface area contributed by atoms with Crippen LogP contribution < -0.4 is 4.57 Å². The highest BCUT2D eigenvalue weighted by Crippen LogP contribution is 2.33. The maximum atomic E-state index is 8.15. The minimum Gasteiger partial charge on any atom is -0.201 e. The van der Waals surface area contributed by atoms with Crippen LogP contribution in [0.15, 0.2) is 72.9 Å². The Morgan fingerprint density at radius 3 is 2.13 bits per heavy atom. The van der Waals surface area contributed by atoms with Crippen LogP contribution in [0.3, 0.4) is 0 Å². The molecule has 4 aromatic rings. The number of pyridine rings is 1. The lowest BCUT2D eigenvalue weighted by molar-refractivity contribution is -0.660. The van der Waals surface area contributed by atoms with Gasteiger partial charge in [-0.25, -0.2) is 4.57 Å². The topological polar surface area (TPSA) is 3.88 Å². The normalized spacial score (nSPS) is 16.7. The summed E-state index contributed by atoms with van der Waals surface area (Å²) in [5.41, 5.74) is 5.26. The Morgan fingerprint density at radius 2 is 1.40 bits per heavy atom. The van der Waals surface area contributed by atoms with E-state index < -0.39 is 20.6 Å². The van der Waals surface area contributed by atoms with E-state index in [0.717, 1.165) is 22.4 Å². The maximum Gasteiger partial charge on any atom is 0.213 e. The van der Waals surface area contributed by atoms with Gasteiger partial charge < -0.3 is 0 Å². The van der Waals surface area contributed by atoms with E-state index in [1.165, 1.54) is 12.1 Å². The molecule has 1 aromatic heterocycles. The van der Waals surface area contributed by atoms with Crippen LogP contribution in [0.5, 0.6) is 0 Å². The van der Waals surface area contributed by atoms with Crippen molar-refractivity contribution in [1.29, 1.82) is 0 Å². The molecule has 0 atom stereocenters. The lowest BCUT2D eigenvalue weighted by Crippen LogP contribution is -2.30. The lowest BCUT2D eigenvalue weighted by Gasteiger charge is -2.14. The van der Waals surface area contributed by atoms with Crippen LogP contribution in [0.2, 0.25) is 0 Å². The summed E-state index contributed by atoms with van der Waals surface area (Å²) in [5.74, 6) is 0. The van der Waals surface area contributed by atoms with Crippen molar-refractivity contribution in [3.63, 3.8) is 0 Å². The van der Waals surface area contributed by atoms with Crippen molar-refractivity contribution in [3.8, 4) is 33.5 Å². The van der Waals surface area contributed by atoms with Crippen molar-refractivity contribution in [2.24, 2.45) is 7.05 Å². The summed E-state index contributed by atoms with van der Waals surface area (Å²) >= 11 is 0. The summed E-state index contributed by atoms with van der Waals surface area (Å²) < 4.78 is 74.7. The van der Waals surface area contributed by atoms with Crippen LogP contribution in [-0.2, 0) is 7.05 Å². The van der Waals surface area contributed by atoms with E-state index in [4.69, 9.17) is 12.3 Å². The molecule has 0 bridgehead atoms. The van der Waals surface area contributed by atoms with Gasteiger partial charge in [0.1, 0.15) is 7.05 Å². The molecule has 1 heterocycles. The molecule has 0 amide bonds. The average Bonchev–Trinajstić information content (AvgIpc) is 2.83. The van der Waals surface area contributed by atoms with E-state index >= 15 is 0 Å². The molecule has 0 spiro atoms. The van der Waals surface area contributed by atoms with Crippen LogP contribution in [0, 0.1) is 34.4 Å². The Labute approximate surface area is 193 Å². The number of nitrogens with zero attached hydrogens (tertiary/aromatic N) is 1. The fraction of sp³-hybridized carbons (Fsp3) is 0.207. The first-order chi connectivity index (χ1) is 18.0. The van der Waals surface area contributed by atoms with Gasteiger partial charge in [0, 0.05) is 30.0 Å². The molecular weight excluding hydrogens is 362 g/mol. The molecule has 1 nitrogen and oxygen atoms in total. The Bertz CT molecular complexity index is 1510. The fourth-order valence-corrected chi connectivity index (χ4v) is 3.89. The molecule has 0 aliphatic carbocycles. The molecule has 0 fully saturated rings. The van der Waals surface area contributed by atoms with Crippen molar-refractivity contribution in [2.75, 3.05) is 0 Å². The third-order valence-electron chi connectivity index (χ3n) is 5.47. The summed E-state index contributed by atoms with van der Waals surface area (Å²) in [6, 6.07) is 19.2. The van der Waals surface area contributed by atoms with Crippen LogP contribution in [0.25, 0.3) is 33.5 Å². The van der Waals surface area contributed by atoms with Crippen LogP contribution in [0.4, 0.5) is 0 Å². The minimum atomic E-state index is -2.52. The molecule has 3 aromatic carbocycles. The van der Waals surface area contributed by atoms with Gasteiger partial charge in [-0.2, -0.15) is 0 Å². The highest BCUT2D eigenvalue weighted by molar-refractivity contribution is 5.78. The number of benzene rings is 3. The van der Waals surface area contributed by atoms with Crippen molar-refractivity contribution >= 4 is 0 Å². The maximum absolute atomic E-state index is 8.15. The highest BCUT2D eigenvalue weighted by Gasteiger charge is 2.17. The van der Waals surface area contributed by atoms with E-state index in [9.17, 15) is 0 Å². The summed E-state index contributed by atoms with van der Waals surface area (Å²) in [7, 11) is 1.85. The minimum absolute atomic E-state index is 0.00879. The van der Waals surface area contributed by atoms with Gasteiger partial charge in [-0.3, -0.25) is 0 Å². The Balaban J connectivity index is 1.99. The van der Waals surface area contributed by atoms with Gasteiger partial charge in [0.05, 0.1) is 0 Å². The van der Waals surface area contributed by atoms with E-state index in [1.807, 2.05) is 36.7 Å². The number of rotatable bonds is 3. The van der Waals surface area contributed by atoms with Crippen molar-refractivity contribution in [1.82, 2.24) is 0 Å². The van der Waals surface area contributed by atoms with E-state index in [-0.39, 0.29) is 22.3 Å². The molecule has 0 N–H and O–H groups in total. The zero-order valence-corrected chi connectivity index (χ0v) is 17.4. The fourth-order valence-electron chi connectivity index (χ4n) is 3.89. The first-order valence-electron chi connectivity index (χ1n) is 14.3. The van der Waals surface area contributed by atoms with Crippen LogP contribution in [0.1, 0.15) is 40.2 Å². The molecule has 0 saturated carbocycles. The molecule has 0 unspecified atom stereocenters. The second kappa shape index (κ2) is 7.91. The van der Waals surface area contributed by atoms with Gasteiger partial charge in [-0.1, -0.05) is 54.1 Å². The molecule has 1 heteroatoms. The third kappa shape index (κ3) is 3.68. The monoisotopic (exact) mass is 401 g/mol. The second-order valence-electron chi connectivity index (χ2n) is 7.72. The van der Waals surface area contributed by atoms with Gasteiger partial charge in [0.25, 0.3) is 0 Å². The Morgan fingerprint density at radius 1 is 0.667 bits per heavy atom. The van der Waals surface area contributed by atoms with Crippen molar-refractivity contribution in [3.05, 3.63) is 101 Å². The standard InChI is InChI=1S/C29H30N/c1-19-15-22(4)29(23(5)16-19)25-13-14-30(6)28(18-25)27-17-24(12-11-21(27)3)26-10-8-7-9-20(26)2/h7-18H,1-6H3/q+1/i2D3,4D3,5D3. The number of aromatic nitrogens is 1. The number of aryl methyl sites for hydroxylation is 6. The molecule has 150 valence electrons. The first-order valence-corrected chi connectivity index (χ1v) is 9.85. The lowest BCUT2D eigenvalue weighted by atomic mass is 9.91. The van der Waals surface area contributed by atoms with E-state index in [0.29, 0.717) is 16.7 Å². The van der Waals surface area contributed by atoms with Gasteiger partial charge in [-0.05, 0) is 85.0 Å². The Kier molecular flexibility index (Phi) is 3.13. The smallest absolute Gasteiger partial charge is 0.201 e. The molecule has 0 radical (unpaired) electrons. The predicted molar refractivity (Wildman–Crippen MR) is 128 cm³/mol. The average molecular weight is 402 g/mol. The summed E-state index contributed by atoms with van der Waals surface area (Å²) in [6.45, 7) is -3.69. The number of hydrogen-bond donors (Lipinski definition) is 0. The zero-order valence-electron chi connectivity index (χ0n) is 26.4. The van der Waals surface area contributed by atoms with E-state index in [1.54, 1.807) is 49.5 Å². The van der Waals surface area contributed by atoms with Crippen molar-refractivity contribution in [2.45, 2.75) is 34.4 Å². The molecule has 30 heavy (non-hydrogen) atoms. The molecular formula is C29H30N+. The zero-order chi connectivity index (χ0) is 28.9. The van der Waals surface area contributed by atoms with Gasteiger partial charge in [-0.15, -0.1) is 0 Å². The summed E-state index contributed by atoms with van der Waals surface area (Å²) in [6.07, 6.45) is 1.78. The molecule has 4 rings (SSSR count). The summed E-state index contributed by atoms with van der Waals surface area (Å²) in [5, 5.41) is 0. The molecule has 0 aliphatic heterocycles. The van der Waals surface area contributed by atoms with Gasteiger partial charge >= 0.3 is 0 Å². The Hall–Kier alpha value is -3.19. The quantitative estimate of drug-likeness (QED) is 0.324. The first kappa shape index (κ1) is 11.9. The second-order valence-corrected chi connectivity index (χ2v) is 7.72. The summed E-state index contributed by atoms with van der Waals surface area (Å²) in [4.78, 5) is 0. The van der Waals surface area contributed by atoms with Crippen LogP contribution in [-0.4, -0.2) is 0 Å². The molecule has 0 aliphatic rings.